The molecule has 2 aromatic heterocycles. The molecule has 4 heterocycles. The number of aryl methyl sites for hydroxylation is 2. The van der Waals surface area contributed by atoms with Crippen LogP contribution in [0.4, 0.5) is 0 Å². The monoisotopic (exact) mass is 546 g/mol. The maximum Gasteiger partial charge on any atom is 0.144 e. The molecule has 0 bridgehead atoms. The van der Waals surface area contributed by atoms with Gasteiger partial charge in [-0.1, -0.05) is 19.1 Å². The summed E-state index contributed by atoms with van der Waals surface area (Å²) in [5, 5.41) is 28.1. The number of aromatic hydroxyl groups is 2. The molecular formula is C30H38N6O4. The number of aromatic nitrogens is 4. The van der Waals surface area contributed by atoms with Gasteiger partial charge < -0.3 is 24.3 Å². The molecule has 4 aromatic rings. The number of fused-ring (bicyclic) bond motifs is 1. The first-order chi connectivity index (χ1) is 19.5. The average Bonchev–Trinajstić information content (AvgIpc) is 3.48. The van der Waals surface area contributed by atoms with Gasteiger partial charge in [0.25, 0.3) is 0 Å². The maximum atomic E-state index is 11.8. The minimum absolute atomic E-state index is 0.0669. The Bertz CT molecular complexity index is 1510. The highest BCUT2D eigenvalue weighted by atomic mass is 16.5. The van der Waals surface area contributed by atoms with E-state index in [1.54, 1.807) is 0 Å². The van der Waals surface area contributed by atoms with Gasteiger partial charge in [0.1, 0.15) is 23.0 Å². The summed E-state index contributed by atoms with van der Waals surface area (Å²) in [5.41, 5.74) is 6.39. The Kier molecular flexibility index (Phi) is 7.50. The van der Waals surface area contributed by atoms with E-state index in [-0.39, 0.29) is 11.5 Å². The summed E-state index contributed by atoms with van der Waals surface area (Å²) >= 11 is 0. The first-order valence-corrected chi connectivity index (χ1v) is 14.1. The Labute approximate surface area is 234 Å². The number of nitrogens with zero attached hydrogens (tertiary/aromatic N) is 6. The normalized spacial score (nSPS) is 17.2. The summed E-state index contributed by atoms with van der Waals surface area (Å²) in [4.78, 5) is 9.55. The second kappa shape index (κ2) is 11.2. The smallest absolute Gasteiger partial charge is 0.144 e. The second-order valence-electron chi connectivity index (χ2n) is 10.7. The Morgan fingerprint density at radius 3 is 2.27 bits per heavy atom. The molecule has 0 amide bonds. The first kappa shape index (κ1) is 26.8. The van der Waals surface area contributed by atoms with Crippen molar-refractivity contribution in [2.24, 2.45) is 7.05 Å². The molecule has 2 aliphatic rings. The zero-order chi connectivity index (χ0) is 27.8. The minimum Gasteiger partial charge on any atom is -0.507 e. The molecular weight excluding hydrogens is 508 g/mol. The fourth-order valence-electron chi connectivity index (χ4n) is 5.80. The highest BCUT2D eigenvalue weighted by Crippen LogP contribution is 2.44. The van der Waals surface area contributed by atoms with Crippen molar-refractivity contribution in [3.8, 4) is 34.1 Å². The van der Waals surface area contributed by atoms with E-state index in [2.05, 4.69) is 27.4 Å². The van der Waals surface area contributed by atoms with Gasteiger partial charge in [0.2, 0.25) is 0 Å². The van der Waals surface area contributed by atoms with Crippen LogP contribution >= 0.6 is 0 Å². The highest BCUT2D eigenvalue weighted by Gasteiger charge is 2.28. The largest absolute Gasteiger partial charge is 0.507 e. The summed E-state index contributed by atoms with van der Waals surface area (Å²) in [6.45, 7) is 11.0. The molecule has 0 unspecified atom stereocenters. The van der Waals surface area contributed by atoms with Crippen LogP contribution in [0, 0.1) is 6.92 Å². The van der Waals surface area contributed by atoms with Crippen LogP contribution in [0.25, 0.3) is 33.7 Å². The van der Waals surface area contributed by atoms with Gasteiger partial charge in [-0.15, -0.1) is 0 Å². The highest BCUT2D eigenvalue weighted by molar-refractivity contribution is 5.88. The maximum absolute atomic E-state index is 11.8. The molecule has 2 aliphatic heterocycles. The topological polar surface area (TPSA) is 101 Å². The van der Waals surface area contributed by atoms with E-state index in [1.165, 1.54) is 0 Å². The number of rotatable bonds is 7. The van der Waals surface area contributed by atoms with Crippen LogP contribution in [-0.2, 0) is 36.2 Å². The Balaban J connectivity index is 1.53. The number of imidazole rings is 1. The van der Waals surface area contributed by atoms with Gasteiger partial charge >= 0.3 is 0 Å². The number of para-hydroxylation sites is 2. The average molecular weight is 547 g/mol. The summed E-state index contributed by atoms with van der Waals surface area (Å²) in [5.74, 6) is 1.02. The van der Waals surface area contributed by atoms with Crippen molar-refractivity contribution in [3.05, 3.63) is 47.2 Å². The zero-order valence-corrected chi connectivity index (χ0v) is 23.6. The van der Waals surface area contributed by atoms with Crippen LogP contribution in [-0.4, -0.2) is 92.0 Å². The van der Waals surface area contributed by atoms with Crippen molar-refractivity contribution in [3.63, 3.8) is 0 Å². The molecule has 2 N–H and O–H groups in total. The van der Waals surface area contributed by atoms with Gasteiger partial charge in [-0.2, -0.15) is 5.10 Å². The molecule has 0 atom stereocenters. The van der Waals surface area contributed by atoms with E-state index in [1.807, 2.05) is 42.9 Å². The third kappa shape index (κ3) is 4.85. The van der Waals surface area contributed by atoms with Crippen molar-refractivity contribution >= 4 is 11.0 Å². The van der Waals surface area contributed by atoms with E-state index >= 15 is 0 Å². The molecule has 0 aliphatic carbocycles. The van der Waals surface area contributed by atoms with Gasteiger partial charge in [-0.05, 0) is 37.1 Å². The summed E-state index contributed by atoms with van der Waals surface area (Å²) in [7, 11) is 2.02. The molecule has 2 saturated heterocycles. The van der Waals surface area contributed by atoms with Crippen molar-refractivity contribution in [1.29, 1.82) is 0 Å². The van der Waals surface area contributed by atoms with Gasteiger partial charge in [-0.3, -0.25) is 14.5 Å². The first-order valence-electron chi connectivity index (χ1n) is 14.1. The van der Waals surface area contributed by atoms with Crippen LogP contribution in [0.15, 0.2) is 30.3 Å². The van der Waals surface area contributed by atoms with Crippen molar-refractivity contribution in [1.82, 2.24) is 29.1 Å². The number of morpholine rings is 2. The quantitative estimate of drug-likeness (QED) is 0.363. The molecule has 2 aromatic carbocycles. The predicted octanol–water partition coefficient (Wildman–Crippen LogP) is 3.51. The number of ether oxygens (including phenoxy) is 2. The molecule has 2 fully saturated rings. The van der Waals surface area contributed by atoms with E-state index in [9.17, 15) is 10.2 Å². The molecule has 10 heteroatoms. The van der Waals surface area contributed by atoms with E-state index < -0.39 is 0 Å². The fourth-order valence-corrected chi connectivity index (χ4v) is 5.80. The molecule has 0 spiro atoms. The Morgan fingerprint density at radius 1 is 0.925 bits per heavy atom. The lowest BCUT2D eigenvalue weighted by Crippen LogP contribution is -2.37. The van der Waals surface area contributed by atoms with Crippen LogP contribution in [0.2, 0.25) is 0 Å². The van der Waals surface area contributed by atoms with E-state index in [0.717, 1.165) is 59.9 Å². The Morgan fingerprint density at radius 2 is 1.60 bits per heavy atom. The summed E-state index contributed by atoms with van der Waals surface area (Å²) in [6, 6.07) is 9.97. The number of hydrogen-bond donors (Lipinski definition) is 2. The molecule has 6 rings (SSSR count). The minimum atomic E-state index is 0.0669. The third-order valence-electron chi connectivity index (χ3n) is 8.23. The van der Waals surface area contributed by atoms with Crippen molar-refractivity contribution in [2.75, 3.05) is 52.6 Å². The number of phenolic OH excluding ortho intramolecular Hbond substituents is 2. The SMILES string of the molecule is CCc1cc(-c2nn(CN3CCOCC3)c(C)c2-c2nc3ccccc3n2C)c(O)c(CN2CCOCC2)c1O. The summed E-state index contributed by atoms with van der Waals surface area (Å²) in [6.07, 6.45) is 0.629. The third-order valence-corrected chi connectivity index (χ3v) is 8.23. The van der Waals surface area contributed by atoms with Crippen molar-refractivity contribution in [2.45, 2.75) is 33.5 Å². The van der Waals surface area contributed by atoms with Crippen LogP contribution < -0.4 is 0 Å². The molecule has 212 valence electrons. The molecule has 40 heavy (non-hydrogen) atoms. The number of hydrogen-bond acceptors (Lipinski definition) is 8. The van der Waals surface area contributed by atoms with Gasteiger partial charge in [0.05, 0.1) is 55.3 Å². The van der Waals surface area contributed by atoms with Gasteiger partial charge in [0, 0.05) is 51.0 Å². The van der Waals surface area contributed by atoms with Crippen LogP contribution in [0.1, 0.15) is 23.7 Å². The van der Waals surface area contributed by atoms with E-state index in [4.69, 9.17) is 19.6 Å². The lowest BCUT2D eigenvalue weighted by Gasteiger charge is -2.28. The molecule has 0 saturated carbocycles. The van der Waals surface area contributed by atoms with Crippen LogP contribution in [0.3, 0.4) is 0 Å². The fraction of sp³-hybridized carbons (Fsp3) is 0.467. The zero-order valence-electron chi connectivity index (χ0n) is 23.6. The number of benzene rings is 2. The van der Waals surface area contributed by atoms with Gasteiger partial charge in [-0.25, -0.2) is 4.98 Å². The number of phenols is 2. The lowest BCUT2D eigenvalue weighted by molar-refractivity contribution is 0.0210. The lowest BCUT2D eigenvalue weighted by atomic mass is 9.96. The molecule has 0 radical (unpaired) electrons. The van der Waals surface area contributed by atoms with Gasteiger partial charge in [0.15, 0.2) is 0 Å². The molecule has 10 nitrogen and oxygen atoms in total. The predicted molar refractivity (Wildman–Crippen MR) is 153 cm³/mol. The standard InChI is InChI=1S/C30H38N6O4/c1-4-21-17-22(29(38)23(28(21)37)18-34-9-13-39-14-10-34)27-26(30-31-24-7-5-6-8-25(24)33(30)3)20(2)36(32-27)19-35-11-15-40-16-12-35/h5-8,17,37-38H,4,9-16,18-19H2,1-3H3. The van der Waals surface area contributed by atoms with Crippen LogP contribution in [0.5, 0.6) is 11.5 Å². The van der Waals surface area contributed by atoms with E-state index in [0.29, 0.717) is 62.9 Å². The van der Waals surface area contributed by atoms with Crippen molar-refractivity contribution < 1.29 is 19.7 Å². The Hall–Kier alpha value is -3.44. The summed E-state index contributed by atoms with van der Waals surface area (Å²) < 4.78 is 15.2. The second-order valence-corrected chi connectivity index (χ2v) is 10.7.